The van der Waals surface area contributed by atoms with Gasteiger partial charge < -0.3 is 20.4 Å². The quantitative estimate of drug-likeness (QED) is 0.755. The maximum absolute atomic E-state index is 4.40. The van der Waals surface area contributed by atoms with Crippen molar-refractivity contribution in [2.24, 2.45) is 0 Å². The second-order valence-corrected chi connectivity index (χ2v) is 5.02. The summed E-state index contributed by atoms with van der Waals surface area (Å²) in [6.07, 6.45) is 0. The van der Waals surface area contributed by atoms with Gasteiger partial charge in [-0.25, -0.2) is 0 Å². The second kappa shape index (κ2) is 7.08. The number of aromatic nitrogens is 3. The molecule has 0 saturated carbocycles. The Bertz CT molecular complexity index is 392. The molecule has 0 fully saturated rings. The summed E-state index contributed by atoms with van der Waals surface area (Å²) >= 11 is 0. The molecule has 0 aliphatic heterocycles. The van der Waals surface area contributed by atoms with Crippen molar-refractivity contribution in [3.63, 3.8) is 0 Å². The van der Waals surface area contributed by atoms with E-state index in [1.54, 1.807) is 0 Å². The molecule has 1 atom stereocenters. The molecular weight excluding hydrogens is 242 g/mol. The first-order valence-electron chi connectivity index (χ1n) is 6.51. The molecule has 0 spiro atoms. The third-order valence-electron chi connectivity index (χ3n) is 2.37. The molecule has 0 aromatic carbocycles. The highest BCUT2D eigenvalue weighted by Crippen LogP contribution is 2.12. The van der Waals surface area contributed by atoms with Crippen LogP contribution < -0.4 is 15.5 Å². The van der Waals surface area contributed by atoms with Gasteiger partial charge in [-0.2, -0.15) is 15.0 Å². The molecule has 0 amide bonds. The number of hydrogen-bond donors (Lipinski definition) is 2. The first-order valence-corrected chi connectivity index (χ1v) is 6.51. The van der Waals surface area contributed by atoms with Crippen LogP contribution in [0.4, 0.5) is 17.8 Å². The minimum Gasteiger partial charge on any atom is -0.354 e. The van der Waals surface area contributed by atoms with Crippen LogP contribution in [0.15, 0.2) is 0 Å². The zero-order valence-electron chi connectivity index (χ0n) is 12.7. The SMILES string of the molecule is CCNc1nc(NC(C)CN(C)C)nc(N(C)C)n1. The van der Waals surface area contributed by atoms with E-state index < -0.39 is 0 Å². The summed E-state index contributed by atoms with van der Waals surface area (Å²) in [5.41, 5.74) is 0. The van der Waals surface area contributed by atoms with Gasteiger partial charge in [0.2, 0.25) is 17.8 Å². The van der Waals surface area contributed by atoms with Gasteiger partial charge in [-0.15, -0.1) is 0 Å². The number of nitrogens with one attached hydrogen (secondary N) is 2. The molecule has 108 valence electrons. The van der Waals surface area contributed by atoms with Crippen molar-refractivity contribution >= 4 is 17.8 Å². The van der Waals surface area contributed by atoms with Crippen molar-refractivity contribution in [3.05, 3.63) is 0 Å². The lowest BCUT2D eigenvalue weighted by Crippen LogP contribution is -2.30. The molecule has 1 heterocycles. The maximum Gasteiger partial charge on any atom is 0.231 e. The molecule has 0 bridgehead atoms. The van der Waals surface area contributed by atoms with Gasteiger partial charge >= 0.3 is 0 Å². The van der Waals surface area contributed by atoms with Crippen LogP contribution in [0.5, 0.6) is 0 Å². The number of hydrogen-bond acceptors (Lipinski definition) is 7. The highest BCUT2D eigenvalue weighted by molar-refractivity contribution is 5.43. The Kier molecular flexibility index (Phi) is 5.75. The molecule has 0 aliphatic carbocycles. The molecular formula is C12H25N7. The highest BCUT2D eigenvalue weighted by atomic mass is 15.3. The molecule has 1 unspecified atom stereocenters. The molecule has 1 aromatic heterocycles. The van der Waals surface area contributed by atoms with Crippen LogP contribution in [-0.2, 0) is 0 Å². The largest absolute Gasteiger partial charge is 0.354 e. The Morgan fingerprint density at radius 1 is 1.05 bits per heavy atom. The molecule has 0 aliphatic rings. The molecule has 7 heteroatoms. The van der Waals surface area contributed by atoms with Gasteiger partial charge in [-0.3, -0.25) is 0 Å². The molecule has 1 aromatic rings. The fourth-order valence-electron chi connectivity index (χ4n) is 1.68. The maximum atomic E-state index is 4.40. The van der Waals surface area contributed by atoms with Gasteiger partial charge in [-0.1, -0.05) is 0 Å². The smallest absolute Gasteiger partial charge is 0.231 e. The minimum atomic E-state index is 0.266. The Morgan fingerprint density at radius 3 is 2.21 bits per heavy atom. The fourth-order valence-corrected chi connectivity index (χ4v) is 1.68. The third-order valence-corrected chi connectivity index (χ3v) is 2.37. The number of nitrogens with zero attached hydrogens (tertiary/aromatic N) is 5. The van der Waals surface area contributed by atoms with Crippen molar-refractivity contribution in [1.29, 1.82) is 0 Å². The standard InChI is InChI=1S/C12H25N7/c1-7-13-10-15-11(14-9(2)8-18(3)4)17-12(16-10)19(5)6/h9H,7-8H2,1-6H3,(H2,13,14,15,16,17). The fraction of sp³-hybridized carbons (Fsp3) is 0.750. The normalized spacial score (nSPS) is 12.4. The first kappa shape index (κ1) is 15.4. The molecule has 19 heavy (non-hydrogen) atoms. The second-order valence-electron chi connectivity index (χ2n) is 5.02. The molecule has 1 rings (SSSR count). The minimum absolute atomic E-state index is 0.266. The van der Waals surface area contributed by atoms with Crippen molar-refractivity contribution < 1.29 is 0 Å². The Hall–Kier alpha value is -1.63. The highest BCUT2D eigenvalue weighted by Gasteiger charge is 2.10. The molecule has 2 N–H and O–H groups in total. The summed E-state index contributed by atoms with van der Waals surface area (Å²) in [5, 5.41) is 6.41. The monoisotopic (exact) mass is 267 g/mol. The average molecular weight is 267 g/mol. The van der Waals surface area contributed by atoms with Gasteiger partial charge in [0.25, 0.3) is 0 Å². The van der Waals surface area contributed by atoms with Crippen LogP contribution in [0.2, 0.25) is 0 Å². The van der Waals surface area contributed by atoms with Crippen molar-refractivity contribution in [2.75, 3.05) is 56.8 Å². The summed E-state index contributed by atoms with van der Waals surface area (Å²) in [6, 6.07) is 0.266. The number of likely N-dealkylation sites (N-methyl/N-ethyl adjacent to an activating group) is 1. The van der Waals surface area contributed by atoms with E-state index in [4.69, 9.17) is 0 Å². The van der Waals surface area contributed by atoms with Crippen molar-refractivity contribution in [1.82, 2.24) is 19.9 Å². The first-order chi connectivity index (χ1) is 8.92. The predicted molar refractivity (Wildman–Crippen MR) is 80.0 cm³/mol. The Labute approximate surface area is 115 Å². The molecule has 0 radical (unpaired) electrons. The van der Waals surface area contributed by atoms with Crippen LogP contribution in [0.25, 0.3) is 0 Å². The third kappa shape index (κ3) is 5.25. The van der Waals surface area contributed by atoms with E-state index in [-0.39, 0.29) is 6.04 Å². The number of anilines is 3. The van der Waals surface area contributed by atoms with Gasteiger partial charge in [0.1, 0.15) is 0 Å². The lowest BCUT2D eigenvalue weighted by Gasteiger charge is -2.19. The lowest BCUT2D eigenvalue weighted by atomic mass is 10.3. The summed E-state index contributed by atoms with van der Waals surface area (Å²) in [4.78, 5) is 17.1. The van der Waals surface area contributed by atoms with Gasteiger partial charge in [0, 0.05) is 33.2 Å². The summed E-state index contributed by atoms with van der Waals surface area (Å²) in [5.74, 6) is 1.84. The van der Waals surface area contributed by atoms with Crippen molar-refractivity contribution in [3.8, 4) is 0 Å². The predicted octanol–water partition coefficient (Wildman–Crippen LogP) is 0.731. The van der Waals surface area contributed by atoms with Crippen LogP contribution in [0.1, 0.15) is 13.8 Å². The van der Waals surface area contributed by atoms with Crippen LogP contribution in [0.3, 0.4) is 0 Å². The van der Waals surface area contributed by atoms with Gasteiger partial charge in [0.05, 0.1) is 0 Å². The summed E-state index contributed by atoms with van der Waals surface area (Å²) < 4.78 is 0. The van der Waals surface area contributed by atoms with Crippen LogP contribution in [-0.4, -0.2) is 67.2 Å². The zero-order chi connectivity index (χ0) is 14.4. The topological polar surface area (TPSA) is 69.2 Å². The van der Waals surface area contributed by atoms with Crippen LogP contribution in [0, 0.1) is 0 Å². The average Bonchev–Trinajstić information content (AvgIpc) is 2.27. The Morgan fingerprint density at radius 2 is 1.68 bits per heavy atom. The van der Waals surface area contributed by atoms with E-state index in [0.717, 1.165) is 13.1 Å². The van der Waals surface area contributed by atoms with E-state index in [2.05, 4.69) is 37.4 Å². The summed E-state index contributed by atoms with van der Waals surface area (Å²) in [6.45, 7) is 5.82. The van der Waals surface area contributed by atoms with Crippen molar-refractivity contribution in [2.45, 2.75) is 19.9 Å². The van der Waals surface area contributed by atoms with Crippen LogP contribution >= 0.6 is 0 Å². The lowest BCUT2D eigenvalue weighted by molar-refractivity contribution is 0.391. The van der Waals surface area contributed by atoms with Gasteiger partial charge in [-0.05, 0) is 27.9 Å². The van der Waals surface area contributed by atoms with Gasteiger partial charge in [0.15, 0.2) is 0 Å². The number of rotatable bonds is 7. The molecule has 7 nitrogen and oxygen atoms in total. The van der Waals surface area contributed by atoms with E-state index in [1.165, 1.54) is 0 Å². The van der Waals surface area contributed by atoms with E-state index in [0.29, 0.717) is 17.8 Å². The Balaban J connectivity index is 2.86. The zero-order valence-corrected chi connectivity index (χ0v) is 12.7. The molecule has 0 saturated heterocycles. The van der Waals surface area contributed by atoms with E-state index in [1.807, 2.05) is 40.0 Å². The summed E-state index contributed by atoms with van der Waals surface area (Å²) in [7, 11) is 7.91. The van der Waals surface area contributed by atoms with E-state index in [9.17, 15) is 0 Å². The van der Waals surface area contributed by atoms with E-state index >= 15 is 0 Å².